The van der Waals surface area contributed by atoms with Gasteiger partial charge in [0, 0.05) is 71.2 Å². The molecule has 0 radical (unpaired) electrons. The molecule has 0 unspecified atom stereocenters. The molecule has 0 saturated carbocycles. The fourth-order valence-electron chi connectivity index (χ4n) is 3.51. The van der Waals surface area contributed by atoms with Crippen molar-refractivity contribution in [2.24, 2.45) is 35.5 Å². The van der Waals surface area contributed by atoms with Crippen LogP contribution in [0.3, 0.4) is 0 Å². The van der Waals surface area contributed by atoms with Gasteiger partial charge in [0.25, 0.3) is 0 Å². The molecule has 13 nitrogen and oxygen atoms in total. The van der Waals surface area contributed by atoms with E-state index in [9.17, 15) is 19.2 Å². The molecule has 0 aliphatic carbocycles. The van der Waals surface area contributed by atoms with Crippen molar-refractivity contribution in [2.75, 3.05) is 111 Å². The smallest absolute Gasteiger partial charge is 0.308 e. The molecule has 0 heterocycles. The van der Waals surface area contributed by atoms with Crippen LogP contribution in [0.5, 0.6) is 0 Å². The summed E-state index contributed by atoms with van der Waals surface area (Å²) in [6.45, 7) is 43.1. The number of carbonyl (C=O) groups excluding carboxylic acids is 4. The van der Waals surface area contributed by atoms with E-state index in [1.807, 2.05) is 55.5 Å². The predicted octanol–water partition coefficient (Wildman–Crippen LogP) is 9.41. The van der Waals surface area contributed by atoms with Gasteiger partial charge in [0.1, 0.15) is 0 Å². The highest BCUT2D eigenvalue weighted by Crippen LogP contribution is 1.99. The van der Waals surface area contributed by atoms with E-state index in [2.05, 4.69) is 141 Å². The van der Waals surface area contributed by atoms with Crippen LogP contribution in [0, 0.1) is 35.5 Å². The summed E-state index contributed by atoms with van der Waals surface area (Å²) in [7, 11) is 22.4. The van der Waals surface area contributed by atoms with E-state index in [-0.39, 0.29) is 54.8 Å². The van der Waals surface area contributed by atoms with Gasteiger partial charge in [-0.25, -0.2) is 5.06 Å². The number of rotatable bonds is 14. The van der Waals surface area contributed by atoms with E-state index >= 15 is 0 Å². The van der Waals surface area contributed by atoms with Crippen molar-refractivity contribution in [3.05, 3.63) is 0 Å². The van der Waals surface area contributed by atoms with Gasteiger partial charge in [-0.1, -0.05) is 111 Å². The van der Waals surface area contributed by atoms with E-state index in [0.717, 1.165) is 31.6 Å². The van der Waals surface area contributed by atoms with E-state index in [0.29, 0.717) is 12.1 Å². The molecule has 0 aliphatic rings. The van der Waals surface area contributed by atoms with Crippen molar-refractivity contribution >= 4 is 23.7 Å². The first-order valence-electron chi connectivity index (χ1n) is 22.6. The summed E-state index contributed by atoms with van der Waals surface area (Å²) in [5.41, 5.74) is 0. The molecule has 0 rings (SSSR count). The van der Waals surface area contributed by atoms with Gasteiger partial charge in [-0.2, -0.15) is 0 Å². The summed E-state index contributed by atoms with van der Waals surface area (Å²) in [6, 6.07) is 1.34. The minimum absolute atomic E-state index is 0. The summed E-state index contributed by atoms with van der Waals surface area (Å²) in [5.74, 6) is 2.21. The predicted molar refractivity (Wildman–Crippen MR) is 273 cm³/mol. The van der Waals surface area contributed by atoms with Gasteiger partial charge >= 0.3 is 5.97 Å². The fraction of sp³-hybridized carbons (Fsp3) is 0.918. The monoisotopic (exact) mass is 898 g/mol. The Morgan fingerprint density at radius 3 is 0.871 bits per heavy atom. The number of hydrogen-bond donors (Lipinski definition) is 0. The van der Waals surface area contributed by atoms with Crippen LogP contribution in [0.2, 0.25) is 0 Å². The molecule has 382 valence electrons. The Labute approximate surface area is 389 Å². The maximum absolute atomic E-state index is 11.0. The first-order chi connectivity index (χ1) is 27.5. The number of esters is 1. The Hall–Kier alpha value is -2.32. The Kier molecular flexibility index (Phi) is 66.2. The average molecular weight is 899 g/mol. The summed E-state index contributed by atoms with van der Waals surface area (Å²) < 4.78 is 4.37. The molecule has 0 fully saturated rings. The van der Waals surface area contributed by atoms with Crippen molar-refractivity contribution in [1.82, 2.24) is 34.5 Å². The van der Waals surface area contributed by atoms with Crippen molar-refractivity contribution in [3.63, 3.8) is 0 Å². The second-order valence-electron chi connectivity index (χ2n) is 18.4. The van der Waals surface area contributed by atoms with E-state index in [1.54, 1.807) is 44.8 Å². The summed E-state index contributed by atoms with van der Waals surface area (Å²) in [6.07, 6.45) is 1.31. The zero-order chi connectivity index (χ0) is 50.9. The third-order valence-corrected chi connectivity index (χ3v) is 8.34. The maximum Gasteiger partial charge on any atom is 0.308 e. The molecule has 0 N–H and O–H groups in total. The van der Waals surface area contributed by atoms with Gasteiger partial charge in [-0.05, 0) is 102 Å². The number of methoxy groups -OCH3 is 1. The minimum Gasteiger partial charge on any atom is -0.469 e. The lowest BCUT2D eigenvalue weighted by Gasteiger charge is -2.24. The number of ether oxygens (including phenoxy) is 1. The van der Waals surface area contributed by atoms with E-state index in [4.69, 9.17) is 0 Å². The number of hydrogen-bond acceptors (Lipinski definition) is 10. The molecule has 13 heteroatoms. The molecular weight excluding hydrogens is 783 g/mol. The molecule has 62 heavy (non-hydrogen) atoms. The van der Waals surface area contributed by atoms with E-state index < -0.39 is 0 Å². The van der Waals surface area contributed by atoms with Crippen molar-refractivity contribution in [2.45, 2.75) is 157 Å². The van der Waals surface area contributed by atoms with Gasteiger partial charge in [0.05, 0.1) is 20.1 Å². The normalized spacial score (nSPS) is 10.2. The van der Waals surface area contributed by atoms with Gasteiger partial charge < -0.3 is 24.3 Å². The highest BCUT2D eigenvalue weighted by atomic mass is 16.7. The van der Waals surface area contributed by atoms with Crippen LogP contribution in [-0.2, 0) is 28.8 Å². The Bertz CT molecular complexity index is 929. The van der Waals surface area contributed by atoms with Crippen LogP contribution in [0.4, 0.5) is 0 Å². The highest BCUT2D eigenvalue weighted by molar-refractivity contribution is 5.78. The molecule has 0 spiro atoms. The van der Waals surface area contributed by atoms with Crippen LogP contribution < -0.4 is 0 Å². The van der Waals surface area contributed by atoms with Gasteiger partial charge in [0.15, 0.2) is 0 Å². The quantitative estimate of drug-likeness (QED) is 0.0951. The molecule has 0 bridgehead atoms. The number of amides is 3. The Morgan fingerprint density at radius 1 is 0.468 bits per heavy atom. The van der Waals surface area contributed by atoms with Gasteiger partial charge in [-0.15, -0.1) is 0 Å². The third kappa shape index (κ3) is 69.4. The lowest BCUT2D eigenvalue weighted by molar-refractivity contribution is -0.172. The molecule has 0 aromatic carbocycles. The van der Waals surface area contributed by atoms with Gasteiger partial charge in [0.2, 0.25) is 17.7 Å². The number of hydroxylamine groups is 2. The second kappa shape index (κ2) is 51.3. The average Bonchev–Trinajstić information content (AvgIpc) is 3.15. The van der Waals surface area contributed by atoms with Crippen LogP contribution in [-0.4, -0.2) is 181 Å². The topological polar surface area (TPSA) is 109 Å². The SMILES string of the molecule is C.CC(C)C(=O)N(C)C.CC(C)CN(C)C.CC(C)N(C)CN(C)C.CCC(C)C.CCN(C)C(=O)C(C)C.CCN(C)C(C)C.COC(=O)C(C)C.CON(C)C(=O)C(C)C. The van der Waals surface area contributed by atoms with Crippen LogP contribution in [0.1, 0.15) is 145 Å². The molecule has 0 aromatic heterocycles. The van der Waals surface area contributed by atoms with Crippen molar-refractivity contribution in [1.29, 1.82) is 0 Å². The maximum atomic E-state index is 11.0. The number of nitrogens with zero attached hydrogens (tertiary/aromatic N) is 7. The summed E-state index contributed by atoms with van der Waals surface area (Å²) in [5, 5.41) is 1.23. The zero-order valence-electron chi connectivity index (χ0n) is 46.7. The third-order valence-electron chi connectivity index (χ3n) is 8.34. The minimum atomic E-state index is -0.153. The number of carbonyl (C=O) groups is 4. The second-order valence-corrected chi connectivity index (χ2v) is 18.4. The largest absolute Gasteiger partial charge is 0.469 e. The van der Waals surface area contributed by atoms with Gasteiger partial charge in [-0.3, -0.25) is 33.8 Å². The zero-order valence-corrected chi connectivity index (χ0v) is 46.7. The first-order valence-corrected chi connectivity index (χ1v) is 22.6. The van der Waals surface area contributed by atoms with Crippen LogP contribution in [0.25, 0.3) is 0 Å². The lowest BCUT2D eigenvalue weighted by Crippen LogP contribution is -2.35. The van der Waals surface area contributed by atoms with Crippen LogP contribution >= 0.6 is 0 Å². The molecule has 0 saturated heterocycles. The molecular formula is C49H115N7O6. The molecule has 0 aromatic rings. The molecule has 0 aliphatic heterocycles. The lowest BCUT2D eigenvalue weighted by atomic mass is 10.2. The van der Waals surface area contributed by atoms with E-state index in [1.165, 1.54) is 32.2 Å². The fourth-order valence-corrected chi connectivity index (χ4v) is 3.51. The van der Waals surface area contributed by atoms with Crippen molar-refractivity contribution < 1.29 is 28.8 Å². The van der Waals surface area contributed by atoms with Crippen molar-refractivity contribution in [3.8, 4) is 0 Å². The molecule has 0 atom stereocenters. The van der Waals surface area contributed by atoms with Crippen LogP contribution in [0.15, 0.2) is 0 Å². The summed E-state index contributed by atoms with van der Waals surface area (Å²) >= 11 is 0. The summed E-state index contributed by atoms with van der Waals surface area (Å²) in [4.78, 5) is 59.9. The Balaban J connectivity index is -0.0000000742. The molecule has 3 amide bonds. The highest BCUT2D eigenvalue weighted by Gasteiger charge is 2.11. The standard InChI is InChI=1S/C7H18N2.C7H15NO.C6H13NO2.C6H13NO.2C6H15N.C5H10O2.C5H12.CH4/c1-7(2)9(5)6-8(3)4;1-5-8(4)7(9)6(2)3;1-5(2)6(8)7(3)9-4;1-5(2)6(8)7(3)4;1-6(2)5-7(3)4;1-5-7(4)6(2)3;1-4(2)5(6)7-3;1-4-5(2)3;/h7H,6H2,1-5H3;6H,5H2,1-4H3;5H,1-4H3;5H,1-4H3;2*6H,5H2,1-4H3;4H,1-3H3;5H,4H2,1-3H3;1H4. The Morgan fingerprint density at radius 2 is 0.823 bits per heavy atom. The first kappa shape index (κ1) is 80.0.